The van der Waals surface area contributed by atoms with E-state index < -0.39 is 6.10 Å². The van der Waals surface area contributed by atoms with Gasteiger partial charge in [0.2, 0.25) is 0 Å². The van der Waals surface area contributed by atoms with Crippen molar-refractivity contribution in [3.63, 3.8) is 0 Å². The summed E-state index contributed by atoms with van der Waals surface area (Å²) in [4.78, 5) is 0. The summed E-state index contributed by atoms with van der Waals surface area (Å²) in [5.41, 5.74) is 1.47. The first kappa shape index (κ1) is 15.0. The van der Waals surface area contributed by atoms with Crippen molar-refractivity contribution >= 4 is 28.9 Å². The van der Waals surface area contributed by atoms with E-state index in [1.807, 2.05) is 18.2 Å². The number of rotatable bonds is 5. The third-order valence-corrected chi connectivity index (χ3v) is 3.46. The molecule has 0 bridgehead atoms. The van der Waals surface area contributed by atoms with Crippen molar-refractivity contribution in [2.24, 2.45) is 0 Å². The van der Waals surface area contributed by atoms with Crippen LogP contribution in [0, 0.1) is 0 Å². The van der Waals surface area contributed by atoms with E-state index in [0.29, 0.717) is 28.0 Å². The number of hydrogen-bond donors (Lipinski definition) is 2. The average Bonchev–Trinajstić information content (AvgIpc) is 2.48. The second-order valence-electron chi connectivity index (χ2n) is 4.30. The van der Waals surface area contributed by atoms with E-state index >= 15 is 0 Å². The minimum Gasteiger partial charge on any atom is -0.497 e. The second-order valence-corrected chi connectivity index (χ2v) is 5.14. The SMILES string of the molecule is COc1cccc(C(O)CNc2cc(Cl)ccc2Cl)c1. The van der Waals surface area contributed by atoms with Gasteiger partial charge in [0.15, 0.2) is 0 Å². The highest BCUT2D eigenvalue weighted by Crippen LogP contribution is 2.26. The van der Waals surface area contributed by atoms with Crippen LogP contribution in [0.5, 0.6) is 5.75 Å². The van der Waals surface area contributed by atoms with Gasteiger partial charge in [-0.2, -0.15) is 0 Å². The van der Waals surface area contributed by atoms with Gasteiger partial charge in [-0.3, -0.25) is 0 Å². The highest BCUT2D eigenvalue weighted by molar-refractivity contribution is 6.35. The Morgan fingerprint density at radius 3 is 2.75 bits per heavy atom. The maximum absolute atomic E-state index is 10.2. The Balaban J connectivity index is 2.04. The third-order valence-electron chi connectivity index (χ3n) is 2.89. The minimum absolute atomic E-state index is 0.327. The molecule has 3 nitrogen and oxygen atoms in total. The first-order chi connectivity index (χ1) is 9.60. The summed E-state index contributed by atoms with van der Waals surface area (Å²) in [5.74, 6) is 0.710. The van der Waals surface area contributed by atoms with Gasteiger partial charge in [-0.15, -0.1) is 0 Å². The van der Waals surface area contributed by atoms with Crippen LogP contribution in [0.15, 0.2) is 42.5 Å². The molecule has 5 heteroatoms. The minimum atomic E-state index is -0.667. The molecule has 0 spiro atoms. The molecule has 0 aromatic heterocycles. The van der Waals surface area contributed by atoms with Crippen molar-refractivity contribution in [1.82, 2.24) is 0 Å². The van der Waals surface area contributed by atoms with E-state index in [2.05, 4.69) is 5.32 Å². The summed E-state index contributed by atoms with van der Waals surface area (Å²) in [7, 11) is 1.59. The summed E-state index contributed by atoms with van der Waals surface area (Å²) in [6.07, 6.45) is -0.667. The Kier molecular flexibility index (Phi) is 5.12. The molecule has 0 saturated heterocycles. The number of anilines is 1. The zero-order chi connectivity index (χ0) is 14.5. The van der Waals surface area contributed by atoms with Crippen LogP contribution in [-0.4, -0.2) is 18.8 Å². The molecule has 0 aliphatic heterocycles. The summed E-state index contributed by atoms with van der Waals surface area (Å²) < 4.78 is 5.13. The van der Waals surface area contributed by atoms with Crippen LogP contribution in [0.1, 0.15) is 11.7 Å². The summed E-state index contributed by atoms with van der Waals surface area (Å²) in [6.45, 7) is 0.327. The highest BCUT2D eigenvalue weighted by Gasteiger charge is 2.09. The van der Waals surface area contributed by atoms with E-state index in [4.69, 9.17) is 27.9 Å². The van der Waals surface area contributed by atoms with Crippen molar-refractivity contribution in [1.29, 1.82) is 0 Å². The van der Waals surface area contributed by atoms with E-state index in [1.54, 1.807) is 31.4 Å². The molecule has 1 atom stereocenters. The largest absolute Gasteiger partial charge is 0.497 e. The van der Waals surface area contributed by atoms with Crippen LogP contribution >= 0.6 is 23.2 Å². The number of methoxy groups -OCH3 is 1. The van der Waals surface area contributed by atoms with Gasteiger partial charge in [0, 0.05) is 11.6 Å². The van der Waals surface area contributed by atoms with Crippen molar-refractivity contribution in [3.05, 3.63) is 58.1 Å². The summed E-state index contributed by atoms with van der Waals surface area (Å²) in [6, 6.07) is 12.5. The Bertz CT molecular complexity index is 590. The van der Waals surface area contributed by atoms with Gasteiger partial charge in [-0.25, -0.2) is 0 Å². The lowest BCUT2D eigenvalue weighted by molar-refractivity contribution is 0.191. The van der Waals surface area contributed by atoms with Crippen LogP contribution in [0.25, 0.3) is 0 Å². The number of halogens is 2. The molecular formula is C15H15Cl2NO2. The fraction of sp³-hybridized carbons (Fsp3) is 0.200. The monoisotopic (exact) mass is 311 g/mol. The average molecular weight is 312 g/mol. The number of nitrogens with one attached hydrogen (secondary N) is 1. The van der Waals surface area contributed by atoms with Gasteiger partial charge in [0.25, 0.3) is 0 Å². The van der Waals surface area contributed by atoms with Crippen molar-refractivity contribution < 1.29 is 9.84 Å². The highest BCUT2D eigenvalue weighted by atomic mass is 35.5. The molecule has 0 heterocycles. The molecule has 1 unspecified atom stereocenters. The molecule has 0 saturated carbocycles. The molecule has 0 amide bonds. The molecule has 2 aromatic rings. The molecular weight excluding hydrogens is 297 g/mol. The number of hydrogen-bond acceptors (Lipinski definition) is 3. The van der Waals surface area contributed by atoms with E-state index in [-0.39, 0.29) is 0 Å². The van der Waals surface area contributed by atoms with Crippen molar-refractivity contribution in [3.8, 4) is 5.75 Å². The lowest BCUT2D eigenvalue weighted by Crippen LogP contribution is -2.12. The fourth-order valence-electron chi connectivity index (χ4n) is 1.81. The maximum Gasteiger partial charge on any atom is 0.119 e. The lowest BCUT2D eigenvalue weighted by atomic mass is 10.1. The zero-order valence-electron chi connectivity index (χ0n) is 10.9. The molecule has 20 heavy (non-hydrogen) atoms. The van der Waals surface area contributed by atoms with Gasteiger partial charge >= 0.3 is 0 Å². The third kappa shape index (κ3) is 3.79. The first-order valence-electron chi connectivity index (χ1n) is 6.11. The summed E-state index contributed by atoms with van der Waals surface area (Å²) in [5, 5.41) is 14.4. The summed E-state index contributed by atoms with van der Waals surface area (Å²) >= 11 is 12.0. The molecule has 106 valence electrons. The van der Waals surface area contributed by atoms with Gasteiger partial charge < -0.3 is 15.2 Å². The van der Waals surface area contributed by atoms with E-state index in [9.17, 15) is 5.11 Å². The first-order valence-corrected chi connectivity index (χ1v) is 6.86. The Morgan fingerprint density at radius 2 is 2.00 bits per heavy atom. The standard InChI is InChI=1S/C15H15Cl2NO2/c1-20-12-4-2-3-10(7-12)15(19)9-18-14-8-11(16)5-6-13(14)17/h2-8,15,18-19H,9H2,1H3. The molecule has 2 aromatic carbocycles. The van der Waals surface area contributed by atoms with Crippen LogP contribution < -0.4 is 10.1 Å². The molecule has 0 fully saturated rings. The maximum atomic E-state index is 10.2. The zero-order valence-corrected chi connectivity index (χ0v) is 12.4. The predicted octanol–water partition coefficient (Wildman–Crippen LogP) is 4.15. The van der Waals surface area contributed by atoms with E-state index in [0.717, 1.165) is 5.56 Å². The van der Waals surface area contributed by atoms with Crippen molar-refractivity contribution in [2.75, 3.05) is 19.0 Å². The molecule has 0 aliphatic rings. The van der Waals surface area contributed by atoms with Gasteiger partial charge in [0.1, 0.15) is 5.75 Å². The number of aliphatic hydroxyl groups excluding tert-OH is 1. The Hall–Kier alpha value is -1.42. The Morgan fingerprint density at radius 1 is 1.20 bits per heavy atom. The predicted molar refractivity (Wildman–Crippen MR) is 82.9 cm³/mol. The number of aliphatic hydroxyl groups is 1. The molecule has 0 aliphatic carbocycles. The Labute approximate surface area is 128 Å². The lowest BCUT2D eigenvalue weighted by Gasteiger charge is -2.15. The van der Waals surface area contributed by atoms with Crippen LogP contribution in [0.2, 0.25) is 10.0 Å². The molecule has 0 radical (unpaired) electrons. The topological polar surface area (TPSA) is 41.5 Å². The van der Waals surface area contributed by atoms with E-state index in [1.165, 1.54) is 0 Å². The van der Waals surface area contributed by atoms with Gasteiger partial charge in [-0.05, 0) is 35.9 Å². The quantitative estimate of drug-likeness (QED) is 0.871. The normalized spacial score (nSPS) is 12.0. The van der Waals surface area contributed by atoms with Crippen molar-refractivity contribution in [2.45, 2.75) is 6.10 Å². The number of ether oxygens (including phenoxy) is 1. The van der Waals surface area contributed by atoms with Crippen LogP contribution in [-0.2, 0) is 0 Å². The van der Waals surface area contributed by atoms with Gasteiger partial charge in [-0.1, -0.05) is 35.3 Å². The van der Waals surface area contributed by atoms with Crippen LogP contribution in [0.4, 0.5) is 5.69 Å². The number of benzene rings is 2. The molecule has 2 N–H and O–H groups in total. The fourth-order valence-corrected chi connectivity index (χ4v) is 2.16. The van der Waals surface area contributed by atoms with Crippen LogP contribution in [0.3, 0.4) is 0 Å². The smallest absolute Gasteiger partial charge is 0.119 e. The second kappa shape index (κ2) is 6.84. The molecule has 2 rings (SSSR count). The van der Waals surface area contributed by atoms with Gasteiger partial charge in [0.05, 0.1) is 23.9 Å².